The molecule has 1 saturated heterocycles. The second-order valence-electron chi connectivity index (χ2n) is 8.79. The van der Waals surface area contributed by atoms with Crippen molar-refractivity contribution in [3.05, 3.63) is 53.5 Å². The summed E-state index contributed by atoms with van der Waals surface area (Å²) in [7, 11) is 0. The van der Waals surface area contributed by atoms with Crippen LogP contribution in [0.25, 0.3) is 11.0 Å². The molecule has 2 aromatic heterocycles. The minimum atomic E-state index is -0.661. The van der Waals surface area contributed by atoms with Crippen molar-refractivity contribution in [3.8, 4) is 0 Å². The highest BCUT2D eigenvalue weighted by molar-refractivity contribution is 7.91. The second-order valence-corrected chi connectivity index (χ2v) is 10.5. The first kappa shape index (κ1) is 18.7. The van der Waals surface area contributed by atoms with Crippen molar-refractivity contribution in [2.24, 2.45) is 0 Å². The number of fused-ring (bicyclic) bond motifs is 2. The zero-order valence-electron chi connectivity index (χ0n) is 17.0. The summed E-state index contributed by atoms with van der Waals surface area (Å²) in [6.07, 6.45) is 6.38. The zero-order valence-corrected chi connectivity index (χ0v) is 17.8. The fourth-order valence-electron chi connectivity index (χ4n) is 5.13. The topological polar surface area (TPSA) is 79.9 Å². The van der Waals surface area contributed by atoms with E-state index in [1.165, 1.54) is 29.7 Å². The molecule has 0 spiro atoms. The summed E-state index contributed by atoms with van der Waals surface area (Å²) < 4.78 is 11.9. The van der Waals surface area contributed by atoms with Crippen molar-refractivity contribution in [2.45, 2.75) is 43.7 Å². The minimum Gasteiger partial charge on any atom is -0.616 e. The first-order chi connectivity index (χ1) is 14.8. The maximum Gasteiger partial charge on any atom is 0.143 e. The van der Waals surface area contributed by atoms with E-state index in [-0.39, 0.29) is 6.04 Å². The number of aromatic nitrogens is 3. The molecule has 2 unspecified atom stereocenters. The van der Waals surface area contributed by atoms with Crippen molar-refractivity contribution >= 4 is 28.0 Å². The largest absolute Gasteiger partial charge is 0.616 e. The lowest BCUT2D eigenvalue weighted by atomic mass is 9.83. The van der Waals surface area contributed by atoms with E-state index in [0.717, 1.165) is 54.3 Å². The highest BCUT2D eigenvalue weighted by Crippen LogP contribution is 2.42. The molecule has 0 radical (unpaired) electrons. The van der Waals surface area contributed by atoms with E-state index in [4.69, 9.17) is 0 Å². The molecule has 0 bridgehead atoms. The summed E-state index contributed by atoms with van der Waals surface area (Å²) in [6, 6.07) is 11.6. The molecule has 30 heavy (non-hydrogen) atoms. The summed E-state index contributed by atoms with van der Waals surface area (Å²) in [6.45, 7) is 1.82. The molecule has 7 heteroatoms. The Balaban J connectivity index is 1.36. The Morgan fingerprint density at radius 1 is 1.10 bits per heavy atom. The van der Waals surface area contributed by atoms with Gasteiger partial charge in [-0.05, 0) is 48.8 Å². The molecule has 2 N–H and O–H groups in total. The van der Waals surface area contributed by atoms with Gasteiger partial charge in [-0.25, -0.2) is 9.97 Å². The Labute approximate surface area is 179 Å². The number of H-pyrrole nitrogens is 1. The lowest BCUT2D eigenvalue weighted by Gasteiger charge is -2.43. The molecular weight excluding hydrogens is 394 g/mol. The van der Waals surface area contributed by atoms with E-state index in [1.54, 1.807) is 6.33 Å². The third kappa shape index (κ3) is 3.39. The second kappa shape index (κ2) is 7.55. The molecular formula is C23H27N5OS. The van der Waals surface area contributed by atoms with Crippen LogP contribution in [0, 0.1) is 0 Å². The fraction of sp³-hybridized carbons (Fsp3) is 0.478. The van der Waals surface area contributed by atoms with Crippen LogP contribution in [0.5, 0.6) is 0 Å². The van der Waals surface area contributed by atoms with Crippen molar-refractivity contribution in [1.82, 2.24) is 19.9 Å². The van der Waals surface area contributed by atoms with Crippen LogP contribution in [-0.2, 0) is 17.6 Å². The summed E-state index contributed by atoms with van der Waals surface area (Å²) in [4.78, 5) is 15.2. The quantitative estimate of drug-likeness (QED) is 0.632. The number of rotatable bonds is 4. The van der Waals surface area contributed by atoms with Gasteiger partial charge >= 0.3 is 0 Å². The molecule has 3 aliphatic rings. The van der Waals surface area contributed by atoms with Gasteiger partial charge in [0, 0.05) is 24.8 Å². The van der Waals surface area contributed by atoms with Crippen molar-refractivity contribution < 1.29 is 4.55 Å². The lowest BCUT2D eigenvalue weighted by Crippen LogP contribution is -2.51. The Kier molecular flexibility index (Phi) is 4.70. The standard InChI is InChI=1S/C23H27N5OS/c29-30-11-9-28(10-12-30)20-8-7-15-3-1-2-4-17(15)21(20)27-23-18-13-19(16-5-6-16)26-22(18)24-14-25-23/h1-4,13-14,16,20-21H,5-12H2,(H2,24,25,26,27). The number of anilines is 1. The van der Waals surface area contributed by atoms with Gasteiger partial charge in [-0.3, -0.25) is 4.90 Å². The van der Waals surface area contributed by atoms with Crippen molar-refractivity contribution in [1.29, 1.82) is 0 Å². The first-order valence-corrected chi connectivity index (χ1v) is 12.5. The maximum atomic E-state index is 11.9. The van der Waals surface area contributed by atoms with E-state index < -0.39 is 11.2 Å². The Hall–Kier alpha value is -2.09. The van der Waals surface area contributed by atoms with E-state index in [9.17, 15) is 4.55 Å². The van der Waals surface area contributed by atoms with Crippen LogP contribution in [0.1, 0.15) is 48.0 Å². The van der Waals surface area contributed by atoms with Crippen LogP contribution in [-0.4, -0.2) is 55.0 Å². The molecule has 0 amide bonds. The number of nitrogens with one attached hydrogen (secondary N) is 2. The average molecular weight is 422 g/mol. The number of aromatic amines is 1. The van der Waals surface area contributed by atoms with Gasteiger partial charge in [0.1, 0.15) is 29.3 Å². The number of nitrogens with zero attached hydrogens (tertiary/aromatic N) is 3. The molecule has 3 heterocycles. The number of benzene rings is 1. The molecule has 2 fully saturated rings. The molecule has 6 rings (SSSR count). The highest BCUT2D eigenvalue weighted by Gasteiger charge is 2.36. The zero-order chi connectivity index (χ0) is 20.1. The van der Waals surface area contributed by atoms with Crippen LogP contribution in [0.4, 0.5) is 5.82 Å². The normalized spacial score (nSPS) is 25.4. The van der Waals surface area contributed by atoms with Crippen LogP contribution < -0.4 is 5.32 Å². The summed E-state index contributed by atoms with van der Waals surface area (Å²) in [5.74, 6) is 3.14. The summed E-state index contributed by atoms with van der Waals surface area (Å²) >= 11 is -0.661. The SMILES string of the molecule is [O-][S+]1CCN(C2CCc3ccccc3C2Nc2ncnc3[nH]c(C4CC4)cc23)CC1. The molecule has 1 aliphatic heterocycles. The van der Waals surface area contributed by atoms with Crippen molar-refractivity contribution in [3.63, 3.8) is 0 Å². The van der Waals surface area contributed by atoms with Crippen LogP contribution in [0.15, 0.2) is 36.7 Å². The number of hydrogen-bond acceptors (Lipinski definition) is 5. The highest BCUT2D eigenvalue weighted by atomic mass is 32.2. The van der Waals surface area contributed by atoms with Gasteiger partial charge in [0.25, 0.3) is 0 Å². The van der Waals surface area contributed by atoms with Gasteiger partial charge in [-0.15, -0.1) is 0 Å². The molecule has 3 aromatic rings. The molecule has 6 nitrogen and oxygen atoms in total. The van der Waals surface area contributed by atoms with Gasteiger partial charge in [-0.2, -0.15) is 0 Å². The maximum absolute atomic E-state index is 11.9. The average Bonchev–Trinajstić information content (AvgIpc) is 3.53. The van der Waals surface area contributed by atoms with Gasteiger partial charge in [-0.1, -0.05) is 35.4 Å². The number of hydrogen-bond donors (Lipinski definition) is 2. The predicted octanol–water partition coefficient (Wildman–Crippen LogP) is 3.37. The fourth-order valence-corrected chi connectivity index (χ4v) is 6.21. The molecule has 156 valence electrons. The van der Waals surface area contributed by atoms with Crippen LogP contribution in [0.2, 0.25) is 0 Å². The Morgan fingerprint density at radius 3 is 2.77 bits per heavy atom. The molecule has 1 saturated carbocycles. The molecule has 1 aromatic carbocycles. The number of aryl methyl sites for hydroxylation is 1. The van der Waals surface area contributed by atoms with Crippen LogP contribution in [0.3, 0.4) is 0 Å². The van der Waals surface area contributed by atoms with E-state index in [1.807, 2.05) is 0 Å². The van der Waals surface area contributed by atoms with E-state index >= 15 is 0 Å². The van der Waals surface area contributed by atoms with Gasteiger partial charge < -0.3 is 14.9 Å². The van der Waals surface area contributed by atoms with E-state index in [0.29, 0.717) is 12.0 Å². The smallest absolute Gasteiger partial charge is 0.143 e. The Morgan fingerprint density at radius 2 is 1.93 bits per heavy atom. The van der Waals surface area contributed by atoms with Gasteiger partial charge in [0.2, 0.25) is 0 Å². The first-order valence-electron chi connectivity index (χ1n) is 11.0. The predicted molar refractivity (Wildman–Crippen MR) is 120 cm³/mol. The van der Waals surface area contributed by atoms with Crippen molar-refractivity contribution in [2.75, 3.05) is 29.9 Å². The molecule has 2 aliphatic carbocycles. The third-order valence-corrected chi connectivity index (χ3v) is 8.20. The third-order valence-electron chi connectivity index (χ3n) is 6.92. The van der Waals surface area contributed by atoms with Crippen LogP contribution >= 0.6 is 0 Å². The van der Waals surface area contributed by atoms with E-state index in [2.05, 4.69) is 55.5 Å². The summed E-state index contributed by atoms with van der Waals surface area (Å²) in [5.41, 5.74) is 4.99. The monoisotopic (exact) mass is 421 g/mol. The summed E-state index contributed by atoms with van der Waals surface area (Å²) in [5, 5.41) is 4.91. The Bertz CT molecular complexity index is 1060. The van der Waals surface area contributed by atoms with Gasteiger partial charge in [0.05, 0.1) is 11.4 Å². The minimum absolute atomic E-state index is 0.166. The lowest BCUT2D eigenvalue weighted by molar-refractivity contribution is 0.174. The van der Waals surface area contributed by atoms with Gasteiger partial charge in [0.15, 0.2) is 0 Å². The molecule has 2 atom stereocenters.